The van der Waals surface area contributed by atoms with Crippen molar-refractivity contribution in [3.63, 3.8) is 0 Å². The summed E-state index contributed by atoms with van der Waals surface area (Å²) in [4.78, 5) is 23.7. The zero-order valence-corrected chi connectivity index (χ0v) is 18.9. The Morgan fingerprint density at radius 1 is 1.06 bits per heavy atom. The predicted molar refractivity (Wildman–Crippen MR) is 120 cm³/mol. The van der Waals surface area contributed by atoms with E-state index in [9.17, 15) is 23.3 Å². The van der Waals surface area contributed by atoms with Crippen LogP contribution in [0.3, 0.4) is 0 Å². The molecule has 1 aliphatic carbocycles. The SMILES string of the molecule is COc1cc([N+](=O)[O-])ccc1S(=O)(=O)n1c(=O)n(C2CCCCCC2)c2cc(Cl)ccc21. The van der Waals surface area contributed by atoms with Gasteiger partial charge < -0.3 is 4.74 Å². The molecule has 1 aliphatic rings. The number of aromatic nitrogens is 2. The van der Waals surface area contributed by atoms with E-state index in [4.69, 9.17) is 16.3 Å². The second-order valence-corrected chi connectivity index (χ2v) is 9.98. The number of fused-ring (bicyclic) bond motifs is 1. The van der Waals surface area contributed by atoms with E-state index >= 15 is 0 Å². The summed E-state index contributed by atoms with van der Waals surface area (Å²) in [6, 6.07) is 7.68. The van der Waals surface area contributed by atoms with E-state index in [0.717, 1.165) is 60.7 Å². The molecule has 0 amide bonds. The Balaban J connectivity index is 1.98. The van der Waals surface area contributed by atoms with E-state index in [1.807, 2.05) is 0 Å². The molecule has 0 spiro atoms. The fourth-order valence-electron chi connectivity index (χ4n) is 4.35. The highest BCUT2D eigenvalue weighted by Gasteiger charge is 2.31. The van der Waals surface area contributed by atoms with Gasteiger partial charge in [0.1, 0.15) is 10.6 Å². The highest BCUT2D eigenvalue weighted by atomic mass is 35.5. The molecule has 0 aliphatic heterocycles. The van der Waals surface area contributed by atoms with Gasteiger partial charge in [-0.05, 0) is 37.1 Å². The third-order valence-electron chi connectivity index (χ3n) is 5.86. The van der Waals surface area contributed by atoms with E-state index < -0.39 is 20.6 Å². The van der Waals surface area contributed by atoms with Gasteiger partial charge in [0.15, 0.2) is 0 Å². The average molecular weight is 480 g/mol. The fourth-order valence-corrected chi connectivity index (χ4v) is 6.05. The number of hydrogen-bond donors (Lipinski definition) is 0. The summed E-state index contributed by atoms with van der Waals surface area (Å²) in [5.74, 6) is -0.213. The van der Waals surface area contributed by atoms with Crippen LogP contribution in [0.1, 0.15) is 44.6 Å². The minimum atomic E-state index is -4.43. The molecule has 11 heteroatoms. The maximum absolute atomic E-state index is 13.6. The van der Waals surface area contributed by atoms with E-state index in [0.29, 0.717) is 10.5 Å². The van der Waals surface area contributed by atoms with Crippen molar-refractivity contribution in [3.8, 4) is 5.75 Å². The first kappa shape index (κ1) is 22.3. The zero-order chi connectivity index (χ0) is 23.0. The number of halogens is 1. The molecule has 0 unspecified atom stereocenters. The molecular weight excluding hydrogens is 458 g/mol. The quantitative estimate of drug-likeness (QED) is 0.302. The van der Waals surface area contributed by atoms with Crippen LogP contribution >= 0.6 is 11.6 Å². The maximum atomic E-state index is 13.6. The summed E-state index contributed by atoms with van der Waals surface area (Å²) in [5.41, 5.74) is -0.363. The van der Waals surface area contributed by atoms with Crippen LogP contribution in [0.15, 0.2) is 46.1 Å². The van der Waals surface area contributed by atoms with Gasteiger partial charge in [0.2, 0.25) is 0 Å². The lowest BCUT2D eigenvalue weighted by atomic mass is 10.1. The first-order valence-corrected chi connectivity index (χ1v) is 12.1. The lowest BCUT2D eigenvalue weighted by Crippen LogP contribution is -2.31. The number of non-ortho nitro benzene ring substituents is 1. The van der Waals surface area contributed by atoms with Crippen molar-refractivity contribution in [1.29, 1.82) is 0 Å². The van der Waals surface area contributed by atoms with Crippen LogP contribution in [0.5, 0.6) is 5.75 Å². The normalized spacial score (nSPS) is 15.6. The number of benzene rings is 2. The van der Waals surface area contributed by atoms with Gasteiger partial charge in [0.05, 0.1) is 29.1 Å². The minimum absolute atomic E-state index is 0.138. The summed E-state index contributed by atoms with van der Waals surface area (Å²) >= 11 is 6.19. The van der Waals surface area contributed by atoms with E-state index in [1.165, 1.54) is 23.8 Å². The lowest BCUT2D eigenvalue weighted by molar-refractivity contribution is -0.385. The number of imidazole rings is 1. The number of nitrogens with zero attached hydrogens (tertiary/aromatic N) is 3. The highest BCUT2D eigenvalue weighted by Crippen LogP contribution is 2.34. The van der Waals surface area contributed by atoms with Crippen LogP contribution in [-0.4, -0.2) is 29.0 Å². The molecule has 1 saturated carbocycles. The van der Waals surface area contributed by atoms with Crippen LogP contribution in [0, 0.1) is 10.1 Å². The molecule has 1 heterocycles. The van der Waals surface area contributed by atoms with Crippen molar-refractivity contribution in [2.75, 3.05) is 7.11 Å². The first-order valence-electron chi connectivity index (χ1n) is 10.3. The van der Waals surface area contributed by atoms with E-state index in [1.54, 1.807) is 6.07 Å². The number of nitro benzene ring substituents is 1. The fraction of sp³-hybridized carbons (Fsp3) is 0.381. The van der Waals surface area contributed by atoms with Crippen LogP contribution in [-0.2, 0) is 10.0 Å². The summed E-state index contributed by atoms with van der Waals surface area (Å²) in [6.45, 7) is 0. The largest absolute Gasteiger partial charge is 0.495 e. The highest BCUT2D eigenvalue weighted by molar-refractivity contribution is 7.90. The van der Waals surface area contributed by atoms with Gasteiger partial charge in [-0.1, -0.05) is 37.3 Å². The monoisotopic (exact) mass is 479 g/mol. The summed E-state index contributed by atoms with van der Waals surface area (Å²) in [5, 5.41) is 11.5. The number of ether oxygens (including phenoxy) is 1. The molecule has 1 aromatic heterocycles. The van der Waals surface area contributed by atoms with Gasteiger partial charge >= 0.3 is 5.69 Å². The Hall–Kier alpha value is -2.85. The maximum Gasteiger partial charge on any atom is 0.343 e. The Labute approximate surface area is 189 Å². The Morgan fingerprint density at radius 2 is 1.75 bits per heavy atom. The van der Waals surface area contributed by atoms with Gasteiger partial charge in [-0.15, -0.1) is 0 Å². The third kappa shape index (κ3) is 3.77. The zero-order valence-electron chi connectivity index (χ0n) is 17.4. The predicted octanol–water partition coefficient (Wildman–Crippen LogP) is 4.51. The Kier molecular flexibility index (Phi) is 6.00. The third-order valence-corrected chi connectivity index (χ3v) is 7.82. The first-order chi connectivity index (χ1) is 15.3. The molecule has 0 bridgehead atoms. The molecule has 0 radical (unpaired) electrons. The van der Waals surface area contributed by atoms with Crippen molar-refractivity contribution in [2.24, 2.45) is 0 Å². The molecule has 170 valence electrons. The van der Waals surface area contributed by atoms with E-state index in [2.05, 4.69) is 0 Å². The van der Waals surface area contributed by atoms with Crippen LogP contribution in [0.4, 0.5) is 5.69 Å². The van der Waals surface area contributed by atoms with Gasteiger partial charge in [-0.3, -0.25) is 14.7 Å². The van der Waals surface area contributed by atoms with Gasteiger partial charge in [0.25, 0.3) is 15.7 Å². The molecule has 0 N–H and O–H groups in total. The van der Waals surface area contributed by atoms with Crippen LogP contribution < -0.4 is 10.4 Å². The van der Waals surface area contributed by atoms with Crippen molar-refractivity contribution in [1.82, 2.24) is 8.54 Å². The summed E-state index contributed by atoms with van der Waals surface area (Å²) in [7, 11) is -3.21. The van der Waals surface area contributed by atoms with Crippen molar-refractivity contribution in [3.05, 3.63) is 62.0 Å². The number of hydrogen-bond acceptors (Lipinski definition) is 6. The standard InChI is InChI=1S/C21H22ClN3O6S/c1-31-19-13-16(25(27)28)9-11-20(19)32(29,30)24-17-10-8-14(22)12-18(17)23(21(24)26)15-6-4-2-3-5-7-15/h8-13,15H,2-7H2,1H3. The molecule has 32 heavy (non-hydrogen) atoms. The van der Waals surface area contributed by atoms with Gasteiger partial charge in [-0.25, -0.2) is 13.2 Å². The van der Waals surface area contributed by atoms with E-state index in [-0.39, 0.29) is 27.9 Å². The smallest absolute Gasteiger partial charge is 0.343 e. The molecule has 0 saturated heterocycles. The van der Waals surface area contributed by atoms with Crippen molar-refractivity contribution >= 4 is 38.3 Å². The van der Waals surface area contributed by atoms with Crippen molar-refractivity contribution in [2.45, 2.75) is 49.5 Å². The molecular formula is C21H22ClN3O6S. The topological polar surface area (TPSA) is 113 Å². The summed E-state index contributed by atoms with van der Waals surface area (Å²) in [6.07, 6.45) is 5.59. The minimum Gasteiger partial charge on any atom is -0.495 e. The second-order valence-electron chi connectivity index (χ2n) is 7.79. The molecule has 4 rings (SSSR count). The second kappa shape index (κ2) is 8.59. The van der Waals surface area contributed by atoms with Gasteiger partial charge in [0, 0.05) is 17.1 Å². The van der Waals surface area contributed by atoms with Gasteiger partial charge in [-0.2, -0.15) is 3.97 Å². The number of methoxy groups -OCH3 is 1. The molecule has 1 fully saturated rings. The molecule has 9 nitrogen and oxygen atoms in total. The lowest BCUT2D eigenvalue weighted by Gasteiger charge is -2.16. The number of nitro groups is 1. The average Bonchev–Trinajstić information content (AvgIpc) is 2.90. The van der Waals surface area contributed by atoms with Crippen LogP contribution in [0.25, 0.3) is 11.0 Å². The number of rotatable bonds is 5. The molecule has 0 atom stereocenters. The van der Waals surface area contributed by atoms with Crippen molar-refractivity contribution < 1.29 is 18.1 Å². The van der Waals surface area contributed by atoms with Crippen LogP contribution in [0.2, 0.25) is 5.02 Å². The Morgan fingerprint density at radius 3 is 2.38 bits per heavy atom. The Bertz CT molecular complexity index is 1350. The summed E-state index contributed by atoms with van der Waals surface area (Å²) < 4.78 is 34.7. The molecule has 2 aromatic carbocycles. The molecule has 3 aromatic rings.